The Morgan fingerprint density at radius 2 is 1.73 bits per heavy atom. The van der Waals surface area contributed by atoms with Gasteiger partial charge in [-0.25, -0.2) is 0 Å². The van der Waals surface area contributed by atoms with Gasteiger partial charge in [0, 0.05) is 18.1 Å². The maximum absolute atomic E-state index is 12.8. The Labute approximate surface area is 157 Å². The molecule has 0 saturated carbocycles. The third kappa shape index (κ3) is 4.35. The number of halogens is 1. The zero-order valence-electron chi connectivity index (χ0n) is 14.2. The molecule has 1 saturated heterocycles. The number of amides is 1. The monoisotopic (exact) mass is 373 g/mol. The number of likely N-dealkylation sites (tertiary alicyclic amines) is 1. The molecule has 6 heteroatoms. The van der Waals surface area contributed by atoms with E-state index in [4.69, 9.17) is 21.4 Å². The van der Waals surface area contributed by atoms with Crippen molar-refractivity contribution in [3.05, 3.63) is 64.7 Å². The van der Waals surface area contributed by atoms with E-state index in [2.05, 4.69) is 0 Å². The fourth-order valence-corrected chi connectivity index (χ4v) is 3.14. The molecule has 0 aliphatic carbocycles. The molecule has 0 atom stereocenters. The molecule has 1 aliphatic heterocycles. The van der Waals surface area contributed by atoms with Gasteiger partial charge in [0.1, 0.15) is 12.4 Å². The minimum Gasteiger partial charge on any atom is -0.488 e. The van der Waals surface area contributed by atoms with E-state index in [-0.39, 0.29) is 11.8 Å². The second kappa shape index (κ2) is 8.23. The Balaban J connectivity index is 1.67. The molecule has 2 aromatic carbocycles. The van der Waals surface area contributed by atoms with Crippen molar-refractivity contribution in [2.75, 3.05) is 13.1 Å². The lowest BCUT2D eigenvalue weighted by Crippen LogP contribution is -2.40. The van der Waals surface area contributed by atoms with Gasteiger partial charge in [-0.3, -0.25) is 9.59 Å². The van der Waals surface area contributed by atoms with Crippen LogP contribution in [0.4, 0.5) is 0 Å². The molecular weight excluding hydrogens is 354 g/mol. The first-order chi connectivity index (χ1) is 12.5. The molecular formula is C20H20ClNO4. The highest BCUT2D eigenvalue weighted by molar-refractivity contribution is 6.30. The number of ether oxygens (including phenoxy) is 1. The molecule has 1 aliphatic rings. The van der Waals surface area contributed by atoms with Gasteiger partial charge in [-0.05, 0) is 42.7 Å². The Morgan fingerprint density at radius 1 is 1.08 bits per heavy atom. The van der Waals surface area contributed by atoms with Gasteiger partial charge >= 0.3 is 5.97 Å². The van der Waals surface area contributed by atoms with Crippen molar-refractivity contribution >= 4 is 23.5 Å². The third-order valence-corrected chi connectivity index (χ3v) is 4.81. The predicted octanol–water partition coefficient (Wildman–Crippen LogP) is 3.86. The molecule has 1 N–H and O–H groups in total. The van der Waals surface area contributed by atoms with Crippen LogP contribution in [-0.2, 0) is 11.4 Å². The van der Waals surface area contributed by atoms with Crippen molar-refractivity contribution in [1.29, 1.82) is 0 Å². The summed E-state index contributed by atoms with van der Waals surface area (Å²) in [7, 11) is 0. The van der Waals surface area contributed by atoms with Crippen LogP contribution in [0.1, 0.15) is 28.8 Å². The first-order valence-electron chi connectivity index (χ1n) is 8.53. The molecule has 0 radical (unpaired) electrons. The zero-order chi connectivity index (χ0) is 18.5. The number of carboxylic acid groups (broad SMARTS) is 1. The van der Waals surface area contributed by atoms with Crippen molar-refractivity contribution < 1.29 is 19.4 Å². The summed E-state index contributed by atoms with van der Waals surface area (Å²) in [5.74, 6) is -0.757. The lowest BCUT2D eigenvalue weighted by molar-refractivity contribution is -0.143. The lowest BCUT2D eigenvalue weighted by atomic mass is 9.96. The van der Waals surface area contributed by atoms with E-state index in [1.54, 1.807) is 35.2 Å². The summed E-state index contributed by atoms with van der Waals surface area (Å²) >= 11 is 5.88. The van der Waals surface area contributed by atoms with Crippen LogP contribution < -0.4 is 4.74 Å². The van der Waals surface area contributed by atoms with E-state index < -0.39 is 5.97 Å². The highest BCUT2D eigenvalue weighted by atomic mass is 35.5. The van der Waals surface area contributed by atoms with Crippen LogP contribution in [-0.4, -0.2) is 35.0 Å². The second-order valence-corrected chi connectivity index (χ2v) is 6.75. The lowest BCUT2D eigenvalue weighted by Gasteiger charge is -2.30. The summed E-state index contributed by atoms with van der Waals surface area (Å²) in [4.78, 5) is 25.6. The van der Waals surface area contributed by atoms with E-state index in [0.717, 1.165) is 5.56 Å². The third-order valence-electron chi connectivity index (χ3n) is 4.56. The fourth-order valence-electron chi connectivity index (χ4n) is 3.01. The van der Waals surface area contributed by atoms with E-state index in [1.165, 1.54) is 0 Å². The van der Waals surface area contributed by atoms with Gasteiger partial charge in [-0.2, -0.15) is 0 Å². The van der Waals surface area contributed by atoms with E-state index in [9.17, 15) is 9.59 Å². The van der Waals surface area contributed by atoms with Crippen molar-refractivity contribution in [3.8, 4) is 5.75 Å². The molecule has 5 nitrogen and oxygen atoms in total. The number of hydrogen-bond acceptors (Lipinski definition) is 3. The van der Waals surface area contributed by atoms with Crippen molar-refractivity contribution in [2.45, 2.75) is 19.4 Å². The maximum Gasteiger partial charge on any atom is 0.306 e. The Morgan fingerprint density at radius 3 is 2.38 bits per heavy atom. The Hall–Kier alpha value is -2.53. The number of carboxylic acids is 1. The van der Waals surface area contributed by atoms with Gasteiger partial charge in [0.15, 0.2) is 0 Å². The van der Waals surface area contributed by atoms with Crippen LogP contribution in [0.3, 0.4) is 0 Å². The molecule has 1 fully saturated rings. The molecule has 26 heavy (non-hydrogen) atoms. The first-order valence-corrected chi connectivity index (χ1v) is 8.91. The molecule has 2 aromatic rings. The topological polar surface area (TPSA) is 66.8 Å². The molecule has 0 spiro atoms. The minimum atomic E-state index is -0.788. The van der Waals surface area contributed by atoms with E-state index in [0.29, 0.717) is 48.9 Å². The summed E-state index contributed by atoms with van der Waals surface area (Å²) in [5.41, 5.74) is 1.45. The minimum absolute atomic E-state index is 0.124. The molecule has 1 amide bonds. The van der Waals surface area contributed by atoms with Crippen molar-refractivity contribution in [3.63, 3.8) is 0 Å². The van der Waals surface area contributed by atoms with Gasteiger partial charge < -0.3 is 14.7 Å². The second-order valence-electron chi connectivity index (χ2n) is 6.32. The largest absolute Gasteiger partial charge is 0.488 e. The summed E-state index contributed by atoms with van der Waals surface area (Å²) in [5, 5.41) is 9.75. The summed E-state index contributed by atoms with van der Waals surface area (Å²) < 4.78 is 5.85. The Bertz CT molecular complexity index is 783. The van der Waals surface area contributed by atoms with Gasteiger partial charge in [0.25, 0.3) is 5.91 Å². The summed E-state index contributed by atoms with van der Waals surface area (Å²) in [6.07, 6.45) is 0.962. The number of para-hydroxylation sites is 1. The number of carbonyl (C=O) groups excluding carboxylic acids is 1. The van der Waals surface area contributed by atoms with Crippen molar-refractivity contribution in [1.82, 2.24) is 4.90 Å². The quantitative estimate of drug-likeness (QED) is 0.864. The number of carbonyl (C=O) groups is 2. The van der Waals surface area contributed by atoms with Gasteiger partial charge in [0.05, 0.1) is 11.5 Å². The van der Waals surface area contributed by atoms with Crippen LogP contribution >= 0.6 is 11.6 Å². The summed E-state index contributed by atoms with van der Waals surface area (Å²) in [6, 6.07) is 14.5. The summed E-state index contributed by atoms with van der Waals surface area (Å²) in [6.45, 7) is 1.23. The average molecular weight is 374 g/mol. The highest BCUT2D eigenvalue weighted by Gasteiger charge is 2.28. The smallest absolute Gasteiger partial charge is 0.306 e. The number of nitrogens with zero attached hydrogens (tertiary/aromatic N) is 1. The van der Waals surface area contributed by atoms with Crippen LogP contribution in [0, 0.1) is 5.92 Å². The van der Waals surface area contributed by atoms with Gasteiger partial charge in [0.2, 0.25) is 0 Å². The number of piperidine rings is 1. The van der Waals surface area contributed by atoms with E-state index in [1.807, 2.05) is 18.2 Å². The molecule has 0 unspecified atom stereocenters. The zero-order valence-corrected chi connectivity index (χ0v) is 15.0. The van der Waals surface area contributed by atoms with Crippen molar-refractivity contribution in [2.24, 2.45) is 5.92 Å². The standard InChI is InChI=1S/C20H20ClNO4/c21-16-7-5-14(6-8-16)13-26-18-4-2-1-3-17(18)19(23)22-11-9-15(10-12-22)20(24)25/h1-8,15H,9-13H2,(H,24,25). The first kappa shape index (κ1) is 18.3. The molecule has 0 aromatic heterocycles. The molecule has 1 heterocycles. The predicted molar refractivity (Wildman–Crippen MR) is 98.5 cm³/mol. The fraction of sp³-hybridized carbons (Fsp3) is 0.300. The highest BCUT2D eigenvalue weighted by Crippen LogP contribution is 2.25. The van der Waals surface area contributed by atoms with Crippen LogP contribution in [0.15, 0.2) is 48.5 Å². The normalized spacial score (nSPS) is 14.9. The number of hydrogen-bond donors (Lipinski definition) is 1. The SMILES string of the molecule is O=C(O)C1CCN(C(=O)c2ccccc2OCc2ccc(Cl)cc2)CC1. The average Bonchev–Trinajstić information content (AvgIpc) is 2.67. The number of benzene rings is 2. The van der Waals surface area contributed by atoms with Gasteiger partial charge in [-0.1, -0.05) is 35.9 Å². The maximum atomic E-state index is 12.8. The van der Waals surface area contributed by atoms with Crippen LogP contribution in [0.25, 0.3) is 0 Å². The molecule has 0 bridgehead atoms. The van der Waals surface area contributed by atoms with E-state index >= 15 is 0 Å². The Kier molecular flexibility index (Phi) is 5.78. The van der Waals surface area contributed by atoms with Crippen LogP contribution in [0.2, 0.25) is 5.02 Å². The van der Waals surface area contributed by atoms with Gasteiger partial charge in [-0.15, -0.1) is 0 Å². The molecule has 136 valence electrons. The number of aliphatic carboxylic acids is 1. The number of rotatable bonds is 5. The molecule has 3 rings (SSSR count). The van der Waals surface area contributed by atoms with Crippen LogP contribution in [0.5, 0.6) is 5.75 Å².